The molecule has 1 aromatic heterocycles. The summed E-state index contributed by atoms with van der Waals surface area (Å²) in [6.07, 6.45) is -0.141. The molecule has 0 saturated heterocycles. The van der Waals surface area contributed by atoms with Crippen molar-refractivity contribution in [3.63, 3.8) is 0 Å². The predicted octanol–water partition coefficient (Wildman–Crippen LogP) is 4.40. The van der Waals surface area contributed by atoms with Crippen LogP contribution in [-0.4, -0.2) is 26.0 Å². The number of fused-ring (bicyclic) bond motifs is 1. The molecule has 1 heterocycles. The van der Waals surface area contributed by atoms with Gasteiger partial charge in [0, 0.05) is 33.5 Å². The van der Waals surface area contributed by atoms with E-state index in [1.165, 1.54) is 20.3 Å². The molecular weight excluding hydrogens is 440 g/mol. The first-order valence-corrected chi connectivity index (χ1v) is 9.63. The molecule has 7 heteroatoms. The molecule has 0 unspecified atom stereocenters. The van der Waals surface area contributed by atoms with Crippen molar-refractivity contribution in [2.24, 2.45) is 0 Å². The van der Waals surface area contributed by atoms with Gasteiger partial charge in [-0.1, -0.05) is 28.1 Å². The maximum atomic E-state index is 12.8. The Bertz CT molecular complexity index is 1130. The molecule has 1 atom stereocenters. The van der Waals surface area contributed by atoms with Crippen LogP contribution in [0.25, 0.3) is 11.0 Å². The molecule has 0 spiro atoms. The van der Waals surface area contributed by atoms with Crippen LogP contribution in [0.5, 0.6) is 5.75 Å². The van der Waals surface area contributed by atoms with Crippen LogP contribution >= 0.6 is 15.9 Å². The molecule has 0 N–H and O–H groups in total. The number of hydrogen-bond acceptors (Lipinski definition) is 6. The highest BCUT2D eigenvalue weighted by molar-refractivity contribution is 9.10. The number of esters is 1. The Morgan fingerprint density at radius 2 is 1.79 bits per heavy atom. The minimum absolute atomic E-state index is 0.141. The average molecular weight is 459 g/mol. The number of benzene rings is 2. The highest BCUT2D eigenvalue weighted by Gasteiger charge is 2.28. The monoisotopic (exact) mass is 458 g/mol. The van der Waals surface area contributed by atoms with E-state index in [9.17, 15) is 14.4 Å². The Morgan fingerprint density at radius 3 is 2.41 bits per heavy atom. The quantitative estimate of drug-likeness (QED) is 0.309. The second-order valence-electron chi connectivity index (χ2n) is 6.50. The summed E-state index contributed by atoms with van der Waals surface area (Å²) in [7, 11) is 2.77. The molecule has 3 aromatic rings. The maximum absolute atomic E-state index is 12.8. The molecule has 0 radical (unpaired) electrons. The molecule has 150 valence electrons. The number of Topliss-reactive ketones (excluding diaryl/α,β-unsaturated/α-hetero) is 1. The minimum Gasteiger partial charge on any atom is -0.496 e. The molecule has 0 amide bonds. The summed E-state index contributed by atoms with van der Waals surface area (Å²) in [5, 5.41) is 0.557. The number of ketones is 1. The summed E-state index contributed by atoms with van der Waals surface area (Å²) >= 11 is 3.33. The van der Waals surface area contributed by atoms with Gasteiger partial charge in [0.2, 0.25) is 0 Å². The normalized spacial score (nSPS) is 11.9. The topological polar surface area (TPSA) is 82.8 Å². The first-order valence-electron chi connectivity index (χ1n) is 8.83. The standard InChI is InChI=1S/C22H19BrO6/c1-12-19(27-2)9-8-15-16(11-20(25)29-21(12)15)17(22(26)28-3)10-18(24)13-4-6-14(23)7-5-13/h4-9,11,17H,10H2,1-3H3/t17-/m1/s1. The lowest BCUT2D eigenvalue weighted by molar-refractivity contribution is -0.142. The average Bonchev–Trinajstić information content (AvgIpc) is 2.72. The number of halogens is 1. The molecule has 0 fully saturated rings. The van der Waals surface area contributed by atoms with Gasteiger partial charge in [-0.3, -0.25) is 9.59 Å². The van der Waals surface area contributed by atoms with Gasteiger partial charge in [-0.05, 0) is 36.8 Å². The SMILES string of the molecule is COC(=O)[C@H](CC(=O)c1ccc(Br)cc1)c1cc(=O)oc2c(C)c(OC)ccc12. The van der Waals surface area contributed by atoms with E-state index in [2.05, 4.69) is 15.9 Å². The van der Waals surface area contributed by atoms with Crippen molar-refractivity contribution in [1.29, 1.82) is 0 Å². The van der Waals surface area contributed by atoms with E-state index in [0.29, 0.717) is 33.4 Å². The van der Waals surface area contributed by atoms with Crippen molar-refractivity contribution in [1.82, 2.24) is 0 Å². The van der Waals surface area contributed by atoms with Crippen LogP contribution in [0.3, 0.4) is 0 Å². The van der Waals surface area contributed by atoms with Crippen molar-refractivity contribution in [3.05, 3.63) is 74.0 Å². The molecule has 0 aliphatic heterocycles. The maximum Gasteiger partial charge on any atom is 0.336 e. The zero-order valence-electron chi connectivity index (χ0n) is 16.2. The third-order valence-electron chi connectivity index (χ3n) is 4.78. The molecular formula is C22H19BrO6. The second-order valence-corrected chi connectivity index (χ2v) is 7.42. The van der Waals surface area contributed by atoms with E-state index in [4.69, 9.17) is 13.9 Å². The first kappa shape index (κ1) is 20.8. The summed E-state index contributed by atoms with van der Waals surface area (Å²) in [6, 6.07) is 11.5. The van der Waals surface area contributed by atoms with Crippen molar-refractivity contribution >= 4 is 38.7 Å². The summed E-state index contributed by atoms with van der Waals surface area (Å²) in [5.74, 6) is -1.23. The van der Waals surface area contributed by atoms with E-state index >= 15 is 0 Å². The Morgan fingerprint density at radius 1 is 1.10 bits per heavy atom. The third-order valence-corrected chi connectivity index (χ3v) is 5.31. The summed E-state index contributed by atoms with van der Waals surface area (Å²) in [4.78, 5) is 37.6. The number of methoxy groups -OCH3 is 2. The molecule has 0 aliphatic rings. The van der Waals surface area contributed by atoms with Crippen LogP contribution in [0.1, 0.15) is 33.8 Å². The van der Waals surface area contributed by atoms with E-state index < -0.39 is 17.5 Å². The second kappa shape index (κ2) is 8.61. The zero-order chi connectivity index (χ0) is 21.1. The van der Waals surface area contributed by atoms with E-state index in [1.807, 2.05) is 0 Å². The number of rotatable bonds is 6. The minimum atomic E-state index is -0.949. The van der Waals surface area contributed by atoms with Crippen LogP contribution in [-0.2, 0) is 9.53 Å². The number of ether oxygens (including phenoxy) is 2. The van der Waals surface area contributed by atoms with Gasteiger partial charge in [0.15, 0.2) is 5.78 Å². The largest absolute Gasteiger partial charge is 0.496 e. The van der Waals surface area contributed by atoms with E-state index in [0.717, 1.165) is 4.47 Å². The van der Waals surface area contributed by atoms with Gasteiger partial charge in [-0.15, -0.1) is 0 Å². The smallest absolute Gasteiger partial charge is 0.336 e. The van der Waals surface area contributed by atoms with Gasteiger partial charge in [-0.2, -0.15) is 0 Å². The zero-order valence-corrected chi connectivity index (χ0v) is 17.7. The van der Waals surface area contributed by atoms with Gasteiger partial charge in [0.05, 0.1) is 20.1 Å². The van der Waals surface area contributed by atoms with Gasteiger partial charge in [-0.25, -0.2) is 4.79 Å². The van der Waals surface area contributed by atoms with Crippen LogP contribution in [0, 0.1) is 6.92 Å². The first-order chi connectivity index (χ1) is 13.8. The van der Waals surface area contributed by atoms with E-state index in [-0.39, 0.29) is 12.2 Å². The fourth-order valence-electron chi connectivity index (χ4n) is 3.28. The Labute approximate surface area is 175 Å². The van der Waals surface area contributed by atoms with Gasteiger partial charge in [0.25, 0.3) is 0 Å². The van der Waals surface area contributed by atoms with Gasteiger partial charge in [0.1, 0.15) is 11.3 Å². The molecule has 2 aromatic carbocycles. The predicted molar refractivity (Wildman–Crippen MR) is 112 cm³/mol. The van der Waals surface area contributed by atoms with Crippen LogP contribution in [0.2, 0.25) is 0 Å². The fourth-order valence-corrected chi connectivity index (χ4v) is 3.54. The lowest BCUT2D eigenvalue weighted by Gasteiger charge is -2.17. The van der Waals surface area contributed by atoms with Crippen molar-refractivity contribution in [2.45, 2.75) is 19.3 Å². The molecule has 3 rings (SSSR count). The lowest BCUT2D eigenvalue weighted by atomic mass is 9.89. The Hall–Kier alpha value is -2.93. The van der Waals surface area contributed by atoms with Gasteiger partial charge < -0.3 is 13.9 Å². The highest BCUT2D eigenvalue weighted by atomic mass is 79.9. The van der Waals surface area contributed by atoms with E-state index in [1.54, 1.807) is 43.3 Å². The fraction of sp³-hybridized carbons (Fsp3) is 0.227. The van der Waals surface area contributed by atoms with Crippen LogP contribution < -0.4 is 10.4 Å². The highest BCUT2D eigenvalue weighted by Crippen LogP contribution is 2.33. The molecule has 0 bridgehead atoms. The Balaban J connectivity index is 2.12. The lowest BCUT2D eigenvalue weighted by Crippen LogP contribution is -2.20. The van der Waals surface area contributed by atoms with Crippen molar-refractivity contribution in [2.75, 3.05) is 14.2 Å². The molecule has 0 aliphatic carbocycles. The molecule has 0 saturated carbocycles. The van der Waals surface area contributed by atoms with Crippen molar-refractivity contribution in [3.8, 4) is 5.75 Å². The summed E-state index contributed by atoms with van der Waals surface area (Å²) < 4.78 is 16.4. The van der Waals surface area contributed by atoms with Crippen LogP contribution in [0.4, 0.5) is 0 Å². The number of carbonyl (C=O) groups excluding carboxylic acids is 2. The summed E-state index contributed by atoms with van der Waals surface area (Å²) in [5.41, 5.74) is 1.18. The molecule has 6 nitrogen and oxygen atoms in total. The number of hydrogen-bond donors (Lipinski definition) is 0. The number of carbonyl (C=O) groups is 2. The van der Waals surface area contributed by atoms with Gasteiger partial charge >= 0.3 is 11.6 Å². The van der Waals surface area contributed by atoms with Crippen LogP contribution in [0.15, 0.2) is 56.1 Å². The molecule has 29 heavy (non-hydrogen) atoms. The number of aryl methyl sites for hydroxylation is 1. The van der Waals surface area contributed by atoms with Crippen molar-refractivity contribution < 1.29 is 23.5 Å². The Kier molecular flexibility index (Phi) is 6.17. The summed E-state index contributed by atoms with van der Waals surface area (Å²) in [6.45, 7) is 1.76. The third kappa shape index (κ3) is 4.24.